The summed E-state index contributed by atoms with van der Waals surface area (Å²) in [7, 11) is 0. The first-order chi connectivity index (χ1) is 8.19. The van der Waals surface area contributed by atoms with Crippen LogP contribution in [0.1, 0.15) is 18.5 Å². The van der Waals surface area contributed by atoms with Crippen LogP contribution < -0.4 is 5.32 Å². The summed E-state index contributed by atoms with van der Waals surface area (Å²) in [5.41, 5.74) is 1.59. The predicted octanol–water partition coefficient (Wildman–Crippen LogP) is 3.16. The van der Waals surface area contributed by atoms with E-state index in [1.165, 1.54) is 6.08 Å². The highest BCUT2D eigenvalue weighted by atomic mass is 16.1. The van der Waals surface area contributed by atoms with Crippen molar-refractivity contribution in [1.82, 2.24) is 5.32 Å². The zero-order valence-electron chi connectivity index (χ0n) is 10.0. The van der Waals surface area contributed by atoms with Gasteiger partial charge in [-0.25, -0.2) is 0 Å². The summed E-state index contributed by atoms with van der Waals surface area (Å²) >= 11 is 0. The Labute approximate surface area is 102 Å². The van der Waals surface area contributed by atoms with Crippen molar-refractivity contribution >= 4 is 5.91 Å². The molecule has 0 bridgehead atoms. The molecule has 1 amide bonds. The smallest absolute Gasteiger partial charge is 0.251 e. The maximum Gasteiger partial charge on any atom is 0.251 e. The lowest BCUT2D eigenvalue weighted by Gasteiger charge is -2.14. The Morgan fingerprint density at radius 3 is 2.47 bits per heavy atom. The van der Waals surface area contributed by atoms with Gasteiger partial charge in [0.2, 0.25) is 0 Å². The highest BCUT2D eigenvalue weighted by molar-refractivity contribution is 5.96. The second-order valence-corrected chi connectivity index (χ2v) is 3.67. The van der Waals surface area contributed by atoms with Crippen LogP contribution in [0.25, 0.3) is 0 Å². The summed E-state index contributed by atoms with van der Waals surface area (Å²) in [4.78, 5) is 11.8. The van der Waals surface area contributed by atoms with Crippen LogP contribution >= 0.6 is 0 Å². The molecular formula is C15H17NO. The molecule has 88 valence electrons. The Morgan fingerprint density at radius 1 is 1.29 bits per heavy atom. The van der Waals surface area contributed by atoms with Crippen LogP contribution in [0.5, 0.6) is 0 Å². The van der Waals surface area contributed by atoms with Gasteiger partial charge in [0.1, 0.15) is 0 Å². The molecule has 1 atom stereocenters. The Bertz CT molecular complexity index is 431. The van der Waals surface area contributed by atoms with Crippen LogP contribution in [-0.2, 0) is 4.79 Å². The van der Waals surface area contributed by atoms with E-state index in [0.29, 0.717) is 5.57 Å². The van der Waals surface area contributed by atoms with Crippen molar-refractivity contribution in [3.05, 3.63) is 72.9 Å². The first-order valence-electron chi connectivity index (χ1n) is 5.50. The minimum absolute atomic E-state index is 0.0307. The molecule has 1 unspecified atom stereocenters. The molecule has 1 N–H and O–H groups in total. The summed E-state index contributed by atoms with van der Waals surface area (Å²) in [6.07, 6.45) is 4.73. The van der Waals surface area contributed by atoms with Gasteiger partial charge in [-0.05, 0) is 12.5 Å². The standard InChI is InChI=1S/C15H17NO/c1-4-9-13(5-2)15(17)16-12(3)14-10-7-6-8-11-14/h4-12H,1-2H2,3H3,(H,16,17). The average Bonchev–Trinajstić information content (AvgIpc) is 2.36. The molecule has 0 saturated heterocycles. The topological polar surface area (TPSA) is 29.1 Å². The molecule has 0 aromatic heterocycles. The summed E-state index contributed by atoms with van der Waals surface area (Å²) < 4.78 is 0. The Morgan fingerprint density at radius 2 is 1.94 bits per heavy atom. The van der Waals surface area contributed by atoms with Gasteiger partial charge in [0.15, 0.2) is 0 Å². The van der Waals surface area contributed by atoms with E-state index in [4.69, 9.17) is 0 Å². The van der Waals surface area contributed by atoms with Gasteiger partial charge >= 0.3 is 0 Å². The minimum atomic E-state index is -0.142. The Kier molecular flexibility index (Phi) is 4.95. The average molecular weight is 227 g/mol. The third-order valence-corrected chi connectivity index (χ3v) is 2.43. The number of carbonyl (C=O) groups is 1. The van der Waals surface area contributed by atoms with Crippen molar-refractivity contribution in [2.24, 2.45) is 0 Å². The number of hydrogen-bond donors (Lipinski definition) is 1. The van der Waals surface area contributed by atoms with Crippen LogP contribution in [0.2, 0.25) is 0 Å². The number of hydrogen-bond acceptors (Lipinski definition) is 1. The molecule has 1 aromatic rings. The van der Waals surface area contributed by atoms with Gasteiger partial charge in [0.05, 0.1) is 6.04 Å². The molecule has 2 nitrogen and oxygen atoms in total. The van der Waals surface area contributed by atoms with E-state index in [2.05, 4.69) is 18.5 Å². The molecule has 0 radical (unpaired) electrons. The Balaban J connectivity index is 2.72. The lowest BCUT2D eigenvalue weighted by Crippen LogP contribution is -2.27. The second-order valence-electron chi connectivity index (χ2n) is 3.67. The van der Waals surface area contributed by atoms with Gasteiger partial charge < -0.3 is 5.32 Å². The van der Waals surface area contributed by atoms with Gasteiger partial charge in [0.25, 0.3) is 5.91 Å². The fourth-order valence-corrected chi connectivity index (χ4v) is 1.47. The normalized spacial score (nSPS) is 12.6. The van der Waals surface area contributed by atoms with Crippen LogP contribution in [0.3, 0.4) is 0 Å². The van der Waals surface area contributed by atoms with Crippen LogP contribution in [0.15, 0.2) is 67.3 Å². The fourth-order valence-electron chi connectivity index (χ4n) is 1.47. The van der Waals surface area contributed by atoms with E-state index in [1.54, 1.807) is 12.2 Å². The van der Waals surface area contributed by atoms with Gasteiger partial charge in [-0.15, -0.1) is 0 Å². The quantitative estimate of drug-likeness (QED) is 0.607. The van der Waals surface area contributed by atoms with Gasteiger partial charge in [-0.2, -0.15) is 0 Å². The summed E-state index contributed by atoms with van der Waals surface area (Å²) in [6.45, 7) is 9.11. The van der Waals surface area contributed by atoms with E-state index >= 15 is 0 Å². The molecule has 2 heteroatoms. The van der Waals surface area contributed by atoms with E-state index < -0.39 is 0 Å². The number of nitrogens with one attached hydrogen (secondary N) is 1. The van der Waals surface area contributed by atoms with E-state index in [9.17, 15) is 4.79 Å². The molecule has 0 aliphatic carbocycles. The van der Waals surface area contributed by atoms with Crippen molar-refractivity contribution in [3.63, 3.8) is 0 Å². The third-order valence-electron chi connectivity index (χ3n) is 2.43. The first kappa shape index (κ1) is 13.0. The lowest BCUT2D eigenvalue weighted by molar-refractivity contribution is -0.117. The number of amides is 1. The number of rotatable bonds is 5. The lowest BCUT2D eigenvalue weighted by atomic mass is 10.1. The molecule has 0 aliphatic heterocycles. The van der Waals surface area contributed by atoms with Crippen molar-refractivity contribution < 1.29 is 4.79 Å². The third kappa shape index (κ3) is 3.76. The molecule has 1 rings (SSSR count). The van der Waals surface area contributed by atoms with Crippen LogP contribution in [0.4, 0.5) is 0 Å². The van der Waals surface area contributed by atoms with Crippen molar-refractivity contribution in [2.75, 3.05) is 0 Å². The zero-order valence-corrected chi connectivity index (χ0v) is 10.0. The van der Waals surface area contributed by atoms with Gasteiger partial charge in [-0.1, -0.05) is 61.7 Å². The van der Waals surface area contributed by atoms with Crippen molar-refractivity contribution in [2.45, 2.75) is 13.0 Å². The van der Waals surface area contributed by atoms with Crippen molar-refractivity contribution in [3.8, 4) is 0 Å². The molecule has 0 spiro atoms. The number of benzene rings is 1. The number of allylic oxidation sites excluding steroid dienone is 2. The van der Waals surface area contributed by atoms with Gasteiger partial charge in [0, 0.05) is 5.57 Å². The van der Waals surface area contributed by atoms with Crippen LogP contribution in [0, 0.1) is 0 Å². The van der Waals surface area contributed by atoms with E-state index in [1.807, 2.05) is 37.3 Å². The maximum absolute atomic E-state index is 11.8. The summed E-state index contributed by atoms with van der Waals surface area (Å²) in [5.74, 6) is -0.142. The molecule has 0 heterocycles. The van der Waals surface area contributed by atoms with E-state index in [0.717, 1.165) is 5.56 Å². The maximum atomic E-state index is 11.8. The summed E-state index contributed by atoms with van der Waals surface area (Å²) in [5, 5.41) is 2.91. The monoisotopic (exact) mass is 227 g/mol. The SMILES string of the molecule is C=CC=C(C=C)C(=O)NC(C)c1ccccc1. The predicted molar refractivity (Wildman–Crippen MR) is 71.5 cm³/mol. The Hall–Kier alpha value is -2.09. The van der Waals surface area contributed by atoms with E-state index in [-0.39, 0.29) is 11.9 Å². The second kappa shape index (κ2) is 6.48. The zero-order chi connectivity index (χ0) is 12.7. The summed E-state index contributed by atoms with van der Waals surface area (Å²) in [6, 6.07) is 9.78. The molecular weight excluding hydrogens is 210 g/mol. The van der Waals surface area contributed by atoms with Gasteiger partial charge in [-0.3, -0.25) is 4.79 Å². The minimum Gasteiger partial charge on any atom is -0.346 e. The van der Waals surface area contributed by atoms with Crippen molar-refractivity contribution in [1.29, 1.82) is 0 Å². The number of carbonyl (C=O) groups excluding carboxylic acids is 1. The first-order valence-corrected chi connectivity index (χ1v) is 5.50. The molecule has 0 fully saturated rings. The highest BCUT2D eigenvalue weighted by Gasteiger charge is 2.10. The molecule has 1 aromatic carbocycles. The molecule has 0 aliphatic rings. The molecule has 17 heavy (non-hydrogen) atoms. The fraction of sp³-hybridized carbons (Fsp3) is 0.133. The largest absolute Gasteiger partial charge is 0.346 e. The van der Waals surface area contributed by atoms with Crippen LogP contribution in [-0.4, -0.2) is 5.91 Å². The molecule has 0 saturated carbocycles. The highest BCUT2D eigenvalue weighted by Crippen LogP contribution is 2.12.